The van der Waals surface area contributed by atoms with Gasteiger partial charge in [0.15, 0.2) is 0 Å². The van der Waals surface area contributed by atoms with Gasteiger partial charge in [-0.3, -0.25) is 0 Å². The zero-order valence-electron chi connectivity index (χ0n) is 18.3. The first-order valence-electron chi connectivity index (χ1n) is 10.4. The molecular weight excluding hydrogens is 608 g/mol. The van der Waals surface area contributed by atoms with Crippen LogP contribution in [0, 0.1) is 0 Å². The van der Waals surface area contributed by atoms with Gasteiger partial charge in [0, 0.05) is 0 Å². The molecule has 2 atom stereocenters. The summed E-state index contributed by atoms with van der Waals surface area (Å²) >= 11 is 2.02. The predicted octanol–water partition coefficient (Wildman–Crippen LogP) is 5.49. The monoisotopic (exact) mass is 626 g/mol. The van der Waals surface area contributed by atoms with Crippen molar-refractivity contribution in [2.24, 2.45) is 0 Å². The Kier molecular flexibility index (Phi) is 7.49. The Morgan fingerprint density at radius 2 is 1.06 bits per heavy atom. The Balaban J connectivity index is 1.90. The van der Waals surface area contributed by atoms with Crippen LogP contribution in [-0.4, -0.2) is 33.7 Å². The Bertz CT molecular complexity index is 1390. The van der Waals surface area contributed by atoms with Gasteiger partial charge >= 0.3 is 221 Å². The SMILES string of the molecule is FC(F)(F)c1cc([AsH2])ccc1Oc1cccc(-c2ccccc2)c1Oc1ccc([AsH2])cc1C(F)(F)F. The number of alkyl halides is 6. The second-order valence-electron chi connectivity index (χ2n) is 7.71. The number of ether oxygens (including phenoxy) is 2. The van der Waals surface area contributed by atoms with E-state index >= 15 is 0 Å². The summed E-state index contributed by atoms with van der Waals surface area (Å²) in [6.45, 7) is 0. The summed E-state index contributed by atoms with van der Waals surface area (Å²) in [5, 5.41) is 0. The van der Waals surface area contributed by atoms with Crippen molar-refractivity contribution in [2.75, 3.05) is 0 Å². The van der Waals surface area contributed by atoms with Gasteiger partial charge in [-0.15, -0.1) is 0 Å². The second-order valence-corrected chi connectivity index (χ2v) is 10.5. The first-order chi connectivity index (χ1) is 16.9. The summed E-state index contributed by atoms with van der Waals surface area (Å²) in [4.78, 5) is 0. The van der Waals surface area contributed by atoms with E-state index in [1.807, 2.05) is 0 Å². The summed E-state index contributed by atoms with van der Waals surface area (Å²) in [7, 11) is 0. The number of hydrogen-bond donors (Lipinski definition) is 0. The van der Waals surface area contributed by atoms with Crippen molar-refractivity contribution in [1.29, 1.82) is 0 Å². The maximum atomic E-state index is 13.8. The van der Waals surface area contributed by atoms with Gasteiger partial charge in [-0.05, 0) is 0 Å². The summed E-state index contributed by atoms with van der Waals surface area (Å²) in [5.74, 6) is -1.27. The van der Waals surface area contributed by atoms with E-state index in [0.717, 1.165) is 45.8 Å². The molecule has 186 valence electrons. The Hall–Kier alpha value is -2.82. The van der Waals surface area contributed by atoms with Crippen LogP contribution in [0.1, 0.15) is 11.1 Å². The third-order valence-electron chi connectivity index (χ3n) is 5.11. The molecule has 2 nitrogen and oxygen atoms in total. The van der Waals surface area contributed by atoms with Crippen molar-refractivity contribution < 1.29 is 35.8 Å². The van der Waals surface area contributed by atoms with Crippen molar-refractivity contribution in [2.45, 2.75) is 12.4 Å². The zero-order chi connectivity index (χ0) is 26.1. The van der Waals surface area contributed by atoms with Crippen LogP contribution in [0.5, 0.6) is 23.0 Å². The van der Waals surface area contributed by atoms with Crippen LogP contribution in [0.3, 0.4) is 0 Å². The average Bonchev–Trinajstić information content (AvgIpc) is 2.81. The van der Waals surface area contributed by atoms with Gasteiger partial charge < -0.3 is 0 Å². The van der Waals surface area contributed by atoms with Gasteiger partial charge in [0.2, 0.25) is 0 Å². The Morgan fingerprint density at radius 3 is 1.58 bits per heavy atom. The average molecular weight is 626 g/mol. The first-order valence-corrected chi connectivity index (χ1v) is 12.8. The molecule has 0 N–H and O–H groups in total. The van der Waals surface area contributed by atoms with Gasteiger partial charge in [0.25, 0.3) is 0 Å². The molecule has 36 heavy (non-hydrogen) atoms. The topological polar surface area (TPSA) is 18.5 Å². The van der Waals surface area contributed by atoms with E-state index in [1.54, 1.807) is 36.4 Å². The number of benzene rings is 4. The van der Waals surface area contributed by atoms with Gasteiger partial charge in [-0.25, -0.2) is 0 Å². The third kappa shape index (κ3) is 5.93. The second kappa shape index (κ2) is 10.3. The van der Waals surface area contributed by atoms with Crippen LogP contribution < -0.4 is 18.2 Å². The van der Waals surface area contributed by atoms with Crippen molar-refractivity contribution in [1.82, 2.24) is 0 Å². The predicted molar refractivity (Wildman–Crippen MR) is 131 cm³/mol. The molecule has 4 aromatic carbocycles. The van der Waals surface area contributed by atoms with E-state index < -0.39 is 35.0 Å². The molecule has 0 spiro atoms. The number of halogens is 6. The normalized spacial score (nSPS) is 11.9. The first kappa shape index (κ1) is 26.2. The molecule has 0 aliphatic carbocycles. The van der Waals surface area contributed by atoms with Crippen molar-refractivity contribution >= 4 is 42.4 Å². The minimum atomic E-state index is -4.71. The van der Waals surface area contributed by atoms with Crippen molar-refractivity contribution in [3.63, 3.8) is 0 Å². The van der Waals surface area contributed by atoms with Crippen LogP contribution in [0.2, 0.25) is 0 Å². The molecule has 0 aromatic heterocycles. The molecule has 10 heteroatoms. The van der Waals surface area contributed by atoms with Crippen molar-refractivity contribution in [3.05, 3.63) is 96.1 Å². The molecule has 0 amide bonds. The van der Waals surface area contributed by atoms with Crippen LogP contribution in [0.4, 0.5) is 26.3 Å². The fraction of sp³-hybridized carbons (Fsp3) is 0.0769. The van der Waals surface area contributed by atoms with E-state index in [-0.39, 0.29) is 11.5 Å². The van der Waals surface area contributed by atoms with Gasteiger partial charge in [-0.1, -0.05) is 0 Å². The minimum absolute atomic E-state index is 0.138. The standard InChI is InChI=1S/C26H18As2F6O2/c27-16-9-11-21(19(13-16)25(29,30)31)35-23-8-4-7-18(15-5-2-1-3-6-15)24(23)36-22-12-10-17(28)14-20(22)26(32,33)34/h1-14H,27-28H2. The van der Waals surface area contributed by atoms with Gasteiger partial charge in [0.05, 0.1) is 0 Å². The molecule has 0 bridgehead atoms. The molecule has 0 saturated carbocycles. The fourth-order valence-corrected chi connectivity index (χ4v) is 4.59. The van der Waals surface area contributed by atoms with Crippen LogP contribution >= 0.6 is 0 Å². The molecule has 0 aliphatic rings. The number of hydrogen-bond acceptors (Lipinski definition) is 2. The quantitative estimate of drug-likeness (QED) is 0.216. The molecule has 2 unspecified atom stereocenters. The summed E-state index contributed by atoms with van der Waals surface area (Å²) in [6.07, 6.45) is -9.40. The van der Waals surface area contributed by atoms with Gasteiger partial charge in [-0.2, -0.15) is 0 Å². The van der Waals surface area contributed by atoms with Crippen LogP contribution in [-0.2, 0) is 12.4 Å². The van der Waals surface area contributed by atoms with E-state index in [1.165, 1.54) is 36.4 Å². The summed E-state index contributed by atoms with van der Waals surface area (Å²) in [6, 6.07) is 20.4. The summed E-state index contributed by atoms with van der Waals surface area (Å²) < 4.78 is 94.9. The maximum absolute atomic E-state index is 13.8. The Labute approximate surface area is 220 Å². The number of para-hydroxylation sites is 1. The molecule has 4 rings (SSSR count). The molecule has 0 aliphatic heterocycles. The number of rotatable bonds is 5. The van der Waals surface area contributed by atoms with Gasteiger partial charge in [0.1, 0.15) is 0 Å². The molecule has 0 saturated heterocycles. The van der Waals surface area contributed by atoms with Crippen LogP contribution in [0.15, 0.2) is 84.9 Å². The molecule has 4 aromatic rings. The van der Waals surface area contributed by atoms with E-state index in [9.17, 15) is 26.3 Å². The fourth-order valence-electron chi connectivity index (χ4n) is 3.49. The zero-order valence-corrected chi connectivity index (χ0v) is 23.2. The van der Waals surface area contributed by atoms with Crippen molar-refractivity contribution in [3.8, 4) is 34.1 Å². The molecular formula is C26H18As2F6O2. The van der Waals surface area contributed by atoms with E-state index in [2.05, 4.69) is 0 Å². The summed E-state index contributed by atoms with van der Waals surface area (Å²) in [5.41, 5.74) is -1.04. The molecule has 0 fully saturated rings. The van der Waals surface area contributed by atoms with E-state index in [4.69, 9.17) is 9.47 Å². The molecule has 0 heterocycles. The Morgan fingerprint density at radius 1 is 0.528 bits per heavy atom. The van der Waals surface area contributed by atoms with Crippen LogP contribution in [0.25, 0.3) is 11.1 Å². The van der Waals surface area contributed by atoms with E-state index in [0.29, 0.717) is 19.8 Å². The third-order valence-corrected chi connectivity index (χ3v) is 6.62. The molecule has 0 radical (unpaired) electrons.